The monoisotopic (exact) mass is 408 g/mol. The van der Waals surface area contributed by atoms with Crippen molar-refractivity contribution < 1.29 is 19.2 Å². The Labute approximate surface area is 171 Å². The molecule has 0 amide bonds. The van der Waals surface area contributed by atoms with E-state index in [0.29, 0.717) is 30.5 Å². The van der Waals surface area contributed by atoms with E-state index in [1.165, 1.54) is 30.5 Å². The standard InChI is InChI=1S/C22H20N2O6/c1-2-30-20(25)8-5-13-23-14-18(22(27)17-6-3-4-7-19(17)23)21(26)15-9-11-16(12-10-15)24(28)29/h3-4,6-7,9-12,14H,2,5,8,13H2,1H3. The summed E-state index contributed by atoms with van der Waals surface area (Å²) in [6.07, 6.45) is 2.19. The smallest absolute Gasteiger partial charge is 0.305 e. The van der Waals surface area contributed by atoms with Crippen LogP contribution in [0.15, 0.2) is 59.5 Å². The van der Waals surface area contributed by atoms with Crippen LogP contribution in [0.3, 0.4) is 0 Å². The van der Waals surface area contributed by atoms with Crippen molar-refractivity contribution in [2.75, 3.05) is 6.61 Å². The van der Waals surface area contributed by atoms with E-state index in [9.17, 15) is 24.5 Å². The number of hydrogen-bond donors (Lipinski definition) is 0. The van der Waals surface area contributed by atoms with Crippen LogP contribution in [-0.2, 0) is 16.1 Å². The van der Waals surface area contributed by atoms with Crippen molar-refractivity contribution in [3.63, 3.8) is 0 Å². The van der Waals surface area contributed by atoms with Crippen LogP contribution in [0, 0.1) is 10.1 Å². The first kappa shape index (κ1) is 20.9. The van der Waals surface area contributed by atoms with Gasteiger partial charge >= 0.3 is 5.97 Å². The number of aryl methyl sites for hydroxylation is 1. The van der Waals surface area contributed by atoms with Crippen molar-refractivity contribution in [1.29, 1.82) is 0 Å². The fraction of sp³-hybridized carbons (Fsp3) is 0.227. The summed E-state index contributed by atoms with van der Waals surface area (Å²) in [6, 6.07) is 12.1. The number of aromatic nitrogens is 1. The van der Waals surface area contributed by atoms with Gasteiger partial charge in [-0.05, 0) is 37.6 Å². The van der Waals surface area contributed by atoms with Crippen LogP contribution in [0.1, 0.15) is 35.7 Å². The third-order valence-corrected chi connectivity index (χ3v) is 4.66. The topological polar surface area (TPSA) is 109 Å². The lowest BCUT2D eigenvalue weighted by Gasteiger charge is -2.13. The summed E-state index contributed by atoms with van der Waals surface area (Å²) in [5, 5.41) is 11.2. The molecule has 0 aliphatic rings. The van der Waals surface area contributed by atoms with E-state index in [0.717, 1.165) is 0 Å². The average Bonchev–Trinajstić information content (AvgIpc) is 2.75. The number of ketones is 1. The predicted molar refractivity (Wildman–Crippen MR) is 111 cm³/mol. The summed E-state index contributed by atoms with van der Waals surface area (Å²) in [5.41, 5.74) is 0.272. The molecule has 8 heteroatoms. The zero-order valence-electron chi connectivity index (χ0n) is 16.4. The quantitative estimate of drug-likeness (QED) is 0.244. The third kappa shape index (κ3) is 4.43. The van der Waals surface area contributed by atoms with Gasteiger partial charge < -0.3 is 9.30 Å². The van der Waals surface area contributed by atoms with Gasteiger partial charge in [0.15, 0.2) is 5.78 Å². The second-order valence-electron chi connectivity index (χ2n) is 6.62. The van der Waals surface area contributed by atoms with Gasteiger partial charge in [0.25, 0.3) is 5.69 Å². The van der Waals surface area contributed by atoms with Crippen molar-refractivity contribution in [2.45, 2.75) is 26.3 Å². The van der Waals surface area contributed by atoms with E-state index in [4.69, 9.17) is 4.74 Å². The molecule has 3 rings (SSSR count). The number of esters is 1. The normalized spacial score (nSPS) is 10.7. The molecule has 0 N–H and O–H groups in total. The molecule has 0 spiro atoms. The molecule has 3 aromatic rings. The number of nitro groups is 1. The lowest BCUT2D eigenvalue weighted by Crippen LogP contribution is -2.20. The number of nitro benzene ring substituents is 1. The lowest BCUT2D eigenvalue weighted by atomic mass is 10.0. The second kappa shape index (κ2) is 9.13. The first-order chi connectivity index (χ1) is 14.4. The summed E-state index contributed by atoms with van der Waals surface area (Å²) in [6.45, 7) is 2.47. The second-order valence-corrected chi connectivity index (χ2v) is 6.62. The summed E-state index contributed by atoms with van der Waals surface area (Å²) < 4.78 is 6.70. The Bertz CT molecular complexity index is 1160. The molecule has 0 aliphatic heterocycles. The molecule has 0 aliphatic carbocycles. The highest BCUT2D eigenvalue weighted by Crippen LogP contribution is 2.17. The predicted octanol–water partition coefficient (Wildman–Crippen LogP) is 3.48. The van der Waals surface area contributed by atoms with Crippen LogP contribution in [0.4, 0.5) is 5.69 Å². The average molecular weight is 408 g/mol. The number of nitrogens with zero attached hydrogens (tertiary/aromatic N) is 2. The lowest BCUT2D eigenvalue weighted by molar-refractivity contribution is -0.384. The van der Waals surface area contributed by atoms with Gasteiger partial charge in [-0.25, -0.2) is 0 Å². The van der Waals surface area contributed by atoms with Gasteiger partial charge in [-0.2, -0.15) is 0 Å². The van der Waals surface area contributed by atoms with Gasteiger partial charge in [0, 0.05) is 42.2 Å². The molecular formula is C22H20N2O6. The van der Waals surface area contributed by atoms with Crippen molar-refractivity contribution in [3.8, 4) is 0 Å². The molecule has 154 valence electrons. The van der Waals surface area contributed by atoms with Gasteiger partial charge in [-0.3, -0.25) is 24.5 Å². The van der Waals surface area contributed by atoms with Crippen LogP contribution in [0.2, 0.25) is 0 Å². The van der Waals surface area contributed by atoms with Gasteiger partial charge in [0.1, 0.15) is 0 Å². The highest BCUT2D eigenvalue weighted by molar-refractivity contribution is 6.10. The maximum Gasteiger partial charge on any atom is 0.305 e. The molecule has 0 unspecified atom stereocenters. The first-order valence-corrected chi connectivity index (χ1v) is 9.49. The first-order valence-electron chi connectivity index (χ1n) is 9.49. The minimum atomic E-state index is -0.555. The largest absolute Gasteiger partial charge is 0.466 e. The van der Waals surface area contributed by atoms with Crippen LogP contribution < -0.4 is 5.43 Å². The molecule has 0 saturated carbocycles. The van der Waals surface area contributed by atoms with Gasteiger partial charge in [-0.1, -0.05) is 12.1 Å². The van der Waals surface area contributed by atoms with E-state index in [2.05, 4.69) is 0 Å². The van der Waals surface area contributed by atoms with E-state index in [-0.39, 0.29) is 29.2 Å². The Morgan fingerprint density at radius 1 is 1.10 bits per heavy atom. The van der Waals surface area contributed by atoms with Crippen LogP contribution in [0.25, 0.3) is 10.9 Å². The Balaban J connectivity index is 1.97. The van der Waals surface area contributed by atoms with Crippen molar-refractivity contribution in [2.24, 2.45) is 0 Å². The summed E-state index contributed by atoms with van der Waals surface area (Å²) in [7, 11) is 0. The molecule has 0 saturated heterocycles. The zero-order chi connectivity index (χ0) is 21.7. The number of para-hydroxylation sites is 1. The Kier molecular flexibility index (Phi) is 6.36. The molecular weight excluding hydrogens is 388 g/mol. The minimum Gasteiger partial charge on any atom is -0.466 e. The molecule has 1 aromatic heterocycles. The molecule has 1 heterocycles. The van der Waals surface area contributed by atoms with Crippen molar-refractivity contribution in [3.05, 3.63) is 86.2 Å². The molecule has 8 nitrogen and oxygen atoms in total. The van der Waals surface area contributed by atoms with Crippen LogP contribution in [0.5, 0.6) is 0 Å². The minimum absolute atomic E-state index is 0.0290. The third-order valence-electron chi connectivity index (χ3n) is 4.66. The fourth-order valence-electron chi connectivity index (χ4n) is 3.21. The fourth-order valence-corrected chi connectivity index (χ4v) is 3.21. The van der Waals surface area contributed by atoms with Gasteiger partial charge in [-0.15, -0.1) is 0 Å². The zero-order valence-corrected chi connectivity index (χ0v) is 16.4. The Hall–Kier alpha value is -3.81. The number of benzene rings is 2. The number of carbonyl (C=O) groups is 2. The highest BCUT2D eigenvalue weighted by atomic mass is 16.6. The van der Waals surface area contributed by atoms with Gasteiger partial charge in [0.05, 0.1) is 22.6 Å². The summed E-state index contributed by atoms with van der Waals surface area (Å²) in [4.78, 5) is 47.7. The summed E-state index contributed by atoms with van der Waals surface area (Å²) >= 11 is 0. The maximum absolute atomic E-state index is 13.0. The summed E-state index contributed by atoms with van der Waals surface area (Å²) in [5.74, 6) is -0.815. The van der Waals surface area contributed by atoms with E-state index < -0.39 is 16.1 Å². The van der Waals surface area contributed by atoms with Crippen molar-refractivity contribution in [1.82, 2.24) is 4.57 Å². The van der Waals surface area contributed by atoms with E-state index in [1.807, 2.05) is 0 Å². The Morgan fingerprint density at radius 3 is 2.47 bits per heavy atom. The van der Waals surface area contributed by atoms with Gasteiger partial charge in [0.2, 0.25) is 5.43 Å². The van der Waals surface area contributed by atoms with Crippen LogP contribution >= 0.6 is 0 Å². The number of non-ortho nitro benzene ring substituents is 1. The van der Waals surface area contributed by atoms with E-state index >= 15 is 0 Å². The number of ether oxygens (including phenoxy) is 1. The highest BCUT2D eigenvalue weighted by Gasteiger charge is 2.18. The Morgan fingerprint density at radius 2 is 1.80 bits per heavy atom. The number of carbonyl (C=O) groups excluding carboxylic acids is 2. The number of fused-ring (bicyclic) bond motifs is 1. The SMILES string of the molecule is CCOC(=O)CCCn1cc(C(=O)c2ccc([N+](=O)[O-])cc2)c(=O)c2ccccc21. The number of hydrogen-bond acceptors (Lipinski definition) is 6. The molecule has 0 fully saturated rings. The molecule has 30 heavy (non-hydrogen) atoms. The van der Waals surface area contributed by atoms with E-state index in [1.54, 1.807) is 35.8 Å². The molecule has 0 atom stereocenters. The molecule has 2 aromatic carbocycles. The van der Waals surface area contributed by atoms with Crippen molar-refractivity contribution >= 4 is 28.3 Å². The van der Waals surface area contributed by atoms with Crippen LogP contribution in [-0.4, -0.2) is 27.8 Å². The number of pyridine rings is 1. The maximum atomic E-state index is 13.0. The molecule has 0 radical (unpaired) electrons. The molecule has 0 bridgehead atoms. The number of rotatable bonds is 8.